The molecule has 1 aliphatic carbocycles. The van der Waals surface area contributed by atoms with Crippen LogP contribution in [0.2, 0.25) is 0 Å². The summed E-state index contributed by atoms with van der Waals surface area (Å²) in [6, 6.07) is 9.20. The van der Waals surface area contributed by atoms with Crippen molar-refractivity contribution in [1.82, 2.24) is 9.97 Å². The Morgan fingerprint density at radius 2 is 2.10 bits per heavy atom. The Labute approximate surface area is 173 Å². The van der Waals surface area contributed by atoms with Gasteiger partial charge in [-0.2, -0.15) is 5.26 Å². The molecule has 1 N–H and O–H groups in total. The van der Waals surface area contributed by atoms with Crippen LogP contribution in [-0.2, 0) is 9.59 Å². The molecule has 4 rings (SSSR count). The zero-order valence-corrected chi connectivity index (χ0v) is 17.1. The number of carbonyl (C=O) groups is 2. The Bertz CT molecular complexity index is 1030. The maximum atomic E-state index is 13.2. The number of rotatable bonds is 4. The summed E-state index contributed by atoms with van der Waals surface area (Å²) in [5.41, 5.74) is 2.40. The summed E-state index contributed by atoms with van der Waals surface area (Å²) in [7, 11) is 0. The van der Waals surface area contributed by atoms with Crippen LogP contribution in [0.1, 0.15) is 49.2 Å². The van der Waals surface area contributed by atoms with Crippen LogP contribution in [-0.4, -0.2) is 33.6 Å². The molecule has 1 aromatic heterocycles. The maximum absolute atomic E-state index is 13.2. The van der Waals surface area contributed by atoms with Crippen molar-refractivity contribution in [3.8, 4) is 6.07 Å². The zero-order chi connectivity index (χ0) is 20.5. The molecule has 29 heavy (non-hydrogen) atoms. The molecule has 1 fully saturated rings. The van der Waals surface area contributed by atoms with Gasteiger partial charge in [0.15, 0.2) is 0 Å². The number of aromatic nitrogens is 2. The van der Waals surface area contributed by atoms with E-state index in [-0.39, 0.29) is 30.0 Å². The number of aryl methyl sites for hydroxylation is 1. The first-order valence-electron chi connectivity index (χ1n) is 9.60. The summed E-state index contributed by atoms with van der Waals surface area (Å²) in [6.45, 7) is 3.67. The van der Waals surface area contributed by atoms with Crippen molar-refractivity contribution in [2.24, 2.45) is 0 Å². The second-order valence-corrected chi connectivity index (χ2v) is 8.37. The standard InChI is InChI=1S/C21H21N5O2S/c1-12-9-18(27)24-16-5-3-4-6-17(16)26(12)19(28)11-29-21-15(10-22)13(2)23-20(25-21)14-7-8-14/h3-6,12,14H,7-9,11H2,1-2H3,(H,24,27)/t12-/m1/s1. The van der Waals surface area contributed by atoms with Crippen molar-refractivity contribution in [3.05, 3.63) is 41.3 Å². The molecular formula is C21H21N5O2S. The van der Waals surface area contributed by atoms with Gasteiger partial charge in [-0.1, -0.05) is 23.9 Å². The quantitative estimate of drug-likeness (QED) is 0.616. The Morgan fingerprint density at radius 1 is 1.34 bits per heavy atom. The second kappa shape index (κ2) is 7.84. The maximum Gasteiger partial charge on any atom is 0.237 e. The summed E-state index contributed by atoms with van der Waals surface area (Å²) < 4.78 is 0. The third kappa shape index (κ3) is 3.96. The Kier molecular flexibility index (Phi) is 5.24. The highest BCUT2D eigenvalue weighted by Crippen LogP contribution is 2.39. The van der Waals surface area contributed by atoms with Crippen molar-refractivity contribution in [2.75, 3.05) is 16.0 Å². The van der Waals surface area contributed by atoms with Crippen LogP contribution in [0, 0.1) is 18.3 Å². The Balaban J connectivity index is 1.59. The van der Waals surface area contributed by atoms with E-state index in [2.05, 4.69) is 21.4 Å². The lowest BCUT2D eigenvalue weighted by Crippen LogP contribution is -2.40. The average Bonchev–Trinajstić information content (AvgIpc) is 3.52. The lowest BCUT2D eigenvalue weighted by molar-refractivity contribution is -0.117. The van der Waals surface area contributed by atoms with Gasteiger partial charge in [0.25, 0.3) is 0 Å². The number of fused-ring (bicyclic) bond motifs is 1. The summed E-state index contributed by atoms with van der Waals surface area (Å²) in [6.07, 6.45) is 2.36. The summed E-state index contributed by atoms with van der Waals surface area (Å²) in [5.74, 6) is 1.02. The van der Waals surface area contributed by atoms with Crippen LogP contribution in [0.3, 0.4) is 0 Å². The summed E-state index contributed by atoms with van der Waals surface area (Å²) in [4.78, 5) is 36.0. The topological polar surface area (TPSA) is 99.0 Å². The van der Waals surface area contributed by atoms with Crippen molar-refractivity contribution < 1.29 is 9.59 Å². The molecule has 2 aliphatic rings. The fourth-order valence-corrected chi connectivity index (χ4v) is 4.39. The monoisotopic (exact) mass is 407 g/mol. The van der Waals surface area contributed by atoms with Gasteiger partial charge < -0.3 is 10.2 Å². The lowest BCUT2D eigenvalue weighted by Gasteiger charge is -2.27. The molecule has 2 amide bonds. The Hall–Kier alpha value is -2.92. The van der Waals surface area contributed by atoms with Crippen LogP contribution in [0.25, 0.3) is 0 Å². The van der Waals surface area contributed by atoms with Gasteiger partial charge in [0.2, 0.25) is 11.8 Å². The van der Waals surface area contributed by atoms with Crippen molar-refractivity contribution in [3.63, 3.8) is 0 Å². The predicted octanol–water partition coefficient (Wildman–Crippen LogP) is 3.39. The van der Waals surface area contributed by atoms with Crippen molar-refractivity contribution in [1.29, 1.82) is 5.26 Å². The van der Waals surface area contributed by atoms with E-state index in [9.17, 15) is 14.9 Å². The van der Waals surface area contributed by atoms with Crippen molar-refractivity contribution >= 4 is 35.0 Å². The smallest absolute Gasteiger partial charge is 0.237 e. The number of benzene rings is 1. The number of carbonyl (C=O) groups excluding carboxylic acids is 2. The van der Waals surface area contributed by atoms with Gasteiger partial charge in [-0.25, -0.2) is 9.97 Å². The second-order valence-electron chi connectivity index (χ2n) is 7.40. The first-order chi connectivity index (χ1) is 14.0. The molecule has 1 aliphatic heterocycles. The molecule has 1 aromatic carbocycles. The highest BCUT2D eigenvalue weighted by atomic mass is 32.2. The van der Waals surface area contributed by atoms with Crippen LogP contribution < -0.4 is 10.2 Å². The number of amides is 2. The number of thioether (sulfide) groups is 1. The summed E-state index contributed by atoms with van der Waals surface area (Å²) in [5, 5.41) is 12.9. The van der Waals surface area contributed by atoms with Gasteiger partial charge in [-0.3, -0.25) is 9.59 Å². The van der Waals surface area contributed by atoms with E-state index in [1.165, 1.54) is 11.8 Å². The van der Waals surface area contributed by atoms with Gasteiger partial charge in [0.05, 0.1) is 22.8 Å². The van der Waals surface area contributed by atoms with Gasteiger partial charge in [0.1, 0.15) is 22.5 Å². The minimum absolute atomic E-state index is 0.111. The molecule has 1 saturated carbocycles. The number of anilines is 2. The van der Waals surface area contributed by atoms with Gasteiger partial charge in [0, 0.05) is 18.4 Å². The molecule has 8 heteroatoms. The molecule has 0 unspecified atom stereocenters. The molecule has 148 valence electrons. The fourth-order valence-electron chi connectivity index (χ4n) is 3.49. The van der Waals surface area contributed by atoms with Gasteiger partial charge in [-0.15, -0.1) is 0 Å². The van der Waals surface area contributed by atoms with E-state index in [0.717, 1.165) is 18.7 Å². The predicted molar refractivity (Wildman–Crippen MR) is 111 cm³/mol. The van der Waals surface area contributed by atoms with E-state index in [1.54, 1.807) is 11.0 Å². The molecule has 0 radical (unpaired) electrons. The molecule has 2 aromatic rings. The molecule has 0 saturated heterocycles. The highest BCUT2D eigenvalue weighted by molar-refractivity contribution is 8.00. The van der Waals surface area contributed by atoms with Crippen LogP contribution >= 0.6 is 11.8 Å². The number of nitrogens with zero attached hydrogens (tertiary/aromatic N) is 4. The number of nitrogens with one attached hydrogen (secondary N) is 1. The van der Waals surface area contributed by atoms with E-state index < -0.39 is 0 Å². The van der Waals surface area contributed by atoms with E-state index in [0.29, 0.717) is 33.6 Å². The van der Waals surface area contributed by atoms with Crippen molar-refractivity contribution in [2.45, 2.75) is 50.1 Å². The third-order valence-corrected chi connectivity index (χ3v) is 6.05. The van der Waals surface area contributed by atoms with Gasteiger partial charge >= 0.3 is 0 Å². The normalized spacial score (nSPS) is 18.4. The summed E-state index contributed by atoms with van der Waals surface area (Å²) >= 11 is 1.26. The number of nitriles is 1. The molecule has 0 spiro atoms. The number of para-hydroxylation sites is 2. The van der Waals surface area contributed by atoms with Crippen LogP contribution in [0.5, 0.6) is 0 Å². The molecule has 1 atom stereocenters. The van der Waals surface area contributed by atoms with Crippen LogP contribution in [0.4, 0.5) is 11.4 Å². The highest BCUT2D eigenvalue weighted by Gasteiger charge is 2.31. The molecule has 2 heterocycles. The third-order valence-electron chi connectivity index (χ3n) is 5.09. The zero-order valence-electron chi connectivity index (χ0n) is 16.3. The average molecular weight is 407 g/mol. The van der Waals surface area contributed by atoms with Crippen LogP contribution in [0.15, 0.2) is 29.3 Å². The van der Waals surface area contributed by atoms with E-state index in [1.807, 2.05) is 32.0 Å². The molecule has 0 bridgehead atoms. The molecular weight excluding hydrogens is 386 g/mol. The fraction of sp³-hybridized carbons (Fsp3) is 0.381. The SMILES string of the molecule is Cc1nc(C2CC2)nc(SCC(=O)N2c3ccccc3NC(=O)C[C@H]2C)c1C#N. The van der Waals surface area contributed by atoms with Gasteiger partial charge in [-0.05, 0) is 38.8 Å². The minimum atomic E-state index is -0.267. The van der Waals surface area contributed by atoms with E-state index in [4.69, 9.17) is 0 Å². The lowest BCUT2D eigenvalue weighted by atomic mass is 10.2. The minimum Gasteiger partial charge on any atom is -0.324 e. The van der Waals surface area contributed by atoms with E-state index >= 15 is 0 Å². The molecule has 7 nitrogen and oxygen atoms in total. The largest absolute Gasteiger partial charge is 0.324 e. The Morgan fingerprint density at radius 3 is 2.83 bits per heavy atom. The number of hydrogen-bond donors (Lipinski definition) is 1. The first kappa shape index (κ1) is 19.4. The number of hydrogen-bond acceptors (Lipinski definition) is 6. The first-order valence-corrected chi connectivity index (χ1v) is 10.6.